The molecule has 0 saturated carbocycles. The number of nitro groups is 1. The van der Waals surface area contributed by atoms with Gasteiger partial charge in [-0.1, -0.05) is 11.8 Å². The van der Waals surface area contributed by atoms with Crippen molar-refractivity contribution in [3.05, 3.63) is 50.5 Å². The number of nitrogens with zero attached hydrogens (tertiary/aromatic N) is 2. The monoisotopic (exact) mass is 522 g/mol. The highest BCUT2D eigenvalue weighted by atomic mass is 32.2. The van der Waals surface area contributed by atoms with Crippen LogP contribution in [0.5, 0.6) is 0 Å². The van der Waals surface area contributed by atoms with Crippen LogP contribution in [0.25, 0.3) is 0 Å². The van der Waals surface area contributed by atoms with E-state index in [0.29, 0.717) is 5.56 Å². The van der Waals surface area contributed by atoms with E-state index in [-0.39, 0.29) is 29.5 Å². The quantitative estimate of drug-likeness (QED) is 0.144. The van der Waals surface area contributed by atoms with Crippen molar-refractivity contribution in [2.45, 2.75) is 38.9 Å². The Balaban J connectivity index is 1.61. The van der Waals surface area contributed by atoms with Crippen LogP contribution in [0.1, 0.15) is 26.3 Å². The van der Waals surface area contributed by atoms with Gasteiger partial charge in [-0.25, -0.2) is 9.59 Å². The number of non-ortho nitro benzene ring substituents is 1. The number of amides is 1. The number of carbonyl (C=O) groups is 5. The van der Waals surface area contributed by atoms with E-state index in [9.17, 15) is 34.1 Å². The first-order chi connectivity index (χ1) is 17.0. The summed E-state index contributed by atoms with van der Waals surface area (Å²) in [6.45, 7) is 2.96. The molecule has 0 radical (unpaired) electrons. The van der Waals surface area contributed by atoms with Gasteiger partial charge in [0, 0.05) is 19.1 Å². The molecule has 0 aromatic heterocycles. The Hall–Kier alpha value is -3.94. The molecule has 14 heteroatoms. The molecular formula is C22H22N2O11S. The standard InChI is InChI=1S/C22H22N2O11S/c1-11(25)8-33-21(28)18-16(10-32-13(3)26)36-20-17(19(27)23(18)20)12(2)35-22(29)34-9-14-4-6-15(7-5-14)24(30)31/h4-7,12,17,20H,8-10H2,1-3H3/t12?,17-,20+/m0/s1. The van der Waals surface area contributed by atoms with E-state index in [1.54, 1.807) is 0 Å². The molecule has 13 nitrogen and oxygen atoms in total. The molecule has 0 N–H and O–H groups in total. The number of esters is 2. The number of ketones is 1. The van der Waals surface area contributed by atoms with E-state index >= 15 is 0 Å². The summed E-state index contributed by atoms with van der Waals surface area (Å²) in [7, 11) is 0. The third-order valence-electron chi connectivity index (χ3n) is 5.15. The summed E-state index contributed by atoms with van der Waals surface area (Å²) in [4.78, 5) is 71.6. The maximum absolute atomic E-state index is 12.9. The highest BCUT2D eigenvalue weighted by molar-refractivity contribution is 8.04. The molecule has 192 valence electrons. The van der Waals surface area contributed by atoms with Gasteiger partial charge in [-0.3, -0.25) is 29.4 Å². The summed E-state index contributed by atoms with van der Waals surface area (Å²) in [5.74, 6) is -3.24. The fourth-order valence-corrected chi connectivity index (χ4v) is 4.96. The Morgan fingerprint density at radius 3 is 2.33 bits per heavy atom. The Morgan fingerprint density at radius 1 is 1.08 bits per heavy atom. The third-order valence-corrected chi connectivity index (χ3v) is 6.49. The molecule has 36 heavy (non-hydrogen) atoms. The van der Waals surface area contributed by atoms with E-state index in [1.807, 2.05) is 0 Å². The zero-order valence-electron chi connectivity index (χ0n) is 19.5. The van der Waals surface area contributed by atoms with Crippen LogP contribution in [-0.2, 0) is 44.7 Å². The molecule has 1 fully saturated rings. The number of Topliss-reactive ketones (excluding diaryl/α,β-unsaturated/α-hetero) is 1. The number of benzene rings is 1. The van der Waals surface area contributed by atoms with E-state index in [1.165, 1.54) is 49.9 Å². The van der Waals surface area contributed by atoms with Crippen molar-refractivity contribution in [1.82, 2.24) is 4.90 Å². The Labute approximate surface area is 208 Å². The summed E-state index contributed by atoms with van der Waals surface area (Å²) < 4.78 is 20.2. The van der Waals surface area contributed by atoms with Crippen molar-refractivity contribution in [3.8, 4) is 0 Å². The number of fused-ring (bicyclic) bond motifs is 1. The van der Waals surface area contributed by atoms with Gasteiger partial charge in [-0.15, -0.1) is 0 Å². The van der Waals surface area contributed by atoms with Crippen LogP contribution in [0.2, 0.25) is 0 Å². The lowest BCUT2D eigenvalue weighted by atomic mass is 9.92. The molecule has 1 unspecified atom stereocenters. The smallest absolute Gasteiger partial charge is 0.460 e. The van der Waals surface area contributed by atoms with Crippen molar-refractivity contribution in [3.63, 3.8) is 0 Å². The Bertz CT molecular complexity index is 1130. The van der Waals surface area contributed by atoms with Gasteiger partial charge >= 0.3 is 18.1 Å². The summed E-state index contributed by atoms with van der Waals surface area (Å²) in [5.41, 5.74) is 0.264. The van der Waals surface area contributed by atoms with Crippen LogP contribution in [0.4, 0.5) is 10.5 Å². The minimum atomic E-state index is -1.05. The van der Waals surface area contributed by atoms with E-state index in [2.05, 4.69) is 0 Å². The summed E-state index contributed by atoms with van der Waals surface area (Å²) >= 11 is 1.09. The molecule has 1 saturated heterocycles. The molecule has 0 spiro atoms. The van der Waals surface area contributed by atoms with Crippen LogP contribution >= 0.6 is 11.8 Å². The maximum atomic E-state index is 12.9. The minimum absolute atomic E-state index is 0.108. The Morgan fingerprint density at radius 2 is 1.75 bits per heavy atom. The first kappa shape index (κ1) is 26.7. The van der Waals surface area contributed by atoms with E-state index < -0.39 is 58.7 Å². The van der Waals surface area contributed by atoms with Crippen LogP contribution < -0.4 is 0 Å². The number of nitro benzene ring substituents is 1. The van der Waals surface area contributed by atoms with Gasteiger partial charge in [0.25, 0.3) is 5.69 Å². The van der Waals surface area contributed by atoms with Gasteiger partial charge in [0.2, 0.25) is 5.91 Å². The first-order valence-corrected chi connectivity index (χ1v) is 11.5. The second-order valence-corrected chi connectivity index (χ2v) is 9.07. The normalized spacial score (nSPS) is 19.1. The van der Waals surface area contributed by atoms with Crippen molar-refractivity contribution in [2.24, 2.45) is 5.92 Å². The third kappa shape index (κ3) is 6.00. The van der Waals surface area contributed by atoms with Crippen molar-refractivity contribution >= 4 is 47.2 Å². The number of β-lactam (4-membered cyclic amide) rings is 1. The molecule has 1 amide bonds. The predicted octanol–water partition coefficient (Wildman–Crippen LogP) is 2.07. The fourth-order valence-electron chi connectivity index (χ4n) is 3.45. The van der Waals surface area contributed by atoms with Gasteiger partial charge in [-0.2, -0.15) is 0 Å². The molecule has 1 aromatic carbocycles. The number of hydrogen-bond acceptors (Lipinski definition) is 12. The SMILES string of the molecule is CC(=O)COC(=O)C1=C(COC(C)=O)S[C@@H]2[C@@H](C(C)OC(=O)OCc3ccc([N+](=O)[O-])cc3)C(=O)N12. The van der Waals surface area contributed by atoms with Gasteiger partial charge in [0.1, 0.15) is 42.9 Å². The minimum Gasteiger partial charge on any atom is -0.460 e. The first-order valence-electron chi connectivity index (χ1n) is 10.6. The maximum Gasteiger partial charge on any atom is 0.508 e. The number of hydrogen-bond donors (Lipinski definition) is 0. The van der Waals surface area contributed by atoms with Crippen LogP contribution in [-0.4, -0.2) is 64.3 Å². The van der Waals surface area contributed by atoms with Crippen molar-refractivity contribution in [1.29, 1.82) is 0 Å². The van der Waals surface area contributed by atoms with Gasteiger partial charge < -0.3 is 18.9 Å². The van der Waals surface area contributed by atoms with Crippen LogP contribution in [0.3, 0.4) is 0 Å². The lowest BCUT2D eigenvalue weighted by Gasteiger charge is -2.44. The highest BCUT2D eigenvalue weighted by Gasteiger charge is 2.59. The van der Waals surface area contributed by atoms with Crippen LogP contribution in [0.15, 0.2) is 34.9 Å². The zero-order valence-corrected chi connectivity index (χ0v) is 20.3. The average Bonchev–Trinajstić information content (AvgIpc) is 3.14. The number of thioether (sulfide) groups is 1. The molecule has 2 heterocycles. The molecule has 0 bridgehead atoms. The summed E-state index contributed by atoms with van der Waals surface area (Å²) in [5, 5.41) is 10.1. The topological polar surface area (TPSA) is 169 Å². The summed E-state index contributed by atoms with van der Waals surface area (Å²) in [6, 6.07) is 5.40. The molecule has 3 rings (SSSR count). The van der Waals surface area contributed by atoms with Crippen molar-refractivity contribution < 1.29 is 47.8 Å². The largest absolute Gasteiger partial charge is 0.508 e. The molecule has 2 aliphatic heterocycles. The lowest BCUT2D eigenvalue weighted by Crippen LogP contribution is -2.61. The predicted molar refractivity (Wildman–Crippen MR) is 121 cm³/mol. The second kappa shape index (κ2) is 11.2. The van der Waals surface area contributed by atoms with Gasteiger partial charge in [0.15, 0.2) is 5.78 Å². The van der Waals surface area contributed by atoms with E-state index in [4.69, 9.17) is 18.9 Å². The fraction of sp³-hybridized carbons (Fsp3) is 0.409. The lowest BCUT2D eigenvalue weighted by molar-refractivity contribution is -0.384. The molecule has 3 atom stereocenters. The van der Waals surface area contributed by atoms with Crippen molar-refractivity contribution in [2.75, 3.05) is 13.2 Å². The van der Waals surface area contributed by atoms with Crippen LogP contribution in [0, 0.1) is 16.0 Å². The van der Waals surface area contributed by atoms with Gasteiger partial charge in [-0.05, 0) is 31.5 Å². The van der Waals surface area contributed by atoms with Gasteiger partial charge in [0.05, 0.1) is 9.83 Å². The number of rotatable bonds is 10. The molecule has 1 aromatic rings. The Kier molecular flexibility index (Phi) is 8.29. The average molecular weight is 522 g/mol. The summed E-state index contributed by atoms with van der Waals surface area (Å²) in [6.07, 6.45) is -1.98. The molecule has 2 aliphatic rings. The zero-order chi connectivity index (χ0) is 26.6. The molecule has 0 aliphatic carbocycles. The highest BCUT2D eigenvalue weighted by Crippen LogP contribution is 2.51. The molecular weight excluding hydrogens is 500 g/mol. The second-order valence-electron chi connectivity index (χ2n) is 7.86. The van der Waals surface area contributed by atoms with E-state index in [0.717, 1.165) is 11.8 Å². The number of ether oxygens (including phenoxy) is 4. The number of carbonyl (C=O) groups excluding carboxylic acids is 5.